The summed E-state index contributed by atoms with van der Waals surface area (Å²) in [6, 6.07) is 8.31. The molecule has 5 rings (SSSR count). The number of rotatable bonds is 2. The summed E-state index contributed by atoms with van der Waals surface area (Å²) in [6.45, 7) is 7.25. The van der Waals surface area contributed by atoms with Crippen LogP contribution in [0.5, 0.6) is 0 Å². The molecule has 39 heavy (non-hydrogen) atoms. The van der Waals surface area contributed by atoms with E-state index in [9.17, 15) is 30.6 Å². The van der Waals surface area contributed by atoms with Gasteiger partial charge in [-0.15, -0.1) is 0 Å². The van der Waals surface area contributed by atoms with Crippen LogP contribution < -0.4 is 0 Å². The highest BCUT2D eigenvalue weighted by atomic mass is 16.5. The zero-order valence-corrected chi connectivity index (χ0v) is 23.0. The van der Waals surface area contributed by atoms with E-state index >= 15 is 0 Å². The third-order valence-corrected chi connectivity index (χ3v) is 11.2. The van der Waals surface area contributed by atoms with Crippen molar-refractivity contribution in [2.24, 2.45) is 45.3 Å². The molecule has 7 unspecified atom stereocenters. The highest BCUT2D eigenvalue weighted by molar-refractivity contribution is 5.68. The Balaban J connectivity index is 1.60. The predicted octanol–water partition coefficient (Wildman–Crippen LogP) is 5.40. The smallest absolute Gasteiger partial charge is 0.307 e. The van der Waals surface area contributed by atoms with Gasteiger partial charge in [-0.1, -0.05) is 25.5 Å². The van der Waals surface area contributed by atoms with Crippen LogP contribution in [0, 0.1) is 90.7 Å². The normalized spacial score (nSPS) is 39.0. The van der Waals surface area contributed by atoms with Gasteiger partial charge in [-0.2, -0.15) is 21.0 Å². The largest absolute Gasteiger partial charge is 0.462 e. The van der Waals surface area contributed by atoms with Gasteiger partial charge in [0.25, 0.3) is 0 Å². The van der Waals surface area contributed by atoms with Gasteiger partial charge in [-0.05, 0) is 72.7 Å². The second kappa shape index (κ2) is 8.96. The van der Waals surface area contributed by atoms with Crippen LogP contribution in [0.15, 0.2) is 23.0 Å². The van der Waals surface area contributed by atoms with E-state index in [2.05, 4.69) is 32.1 Å². The zero-order valence-electron chi connectivity index (χ0n) is 23.0. The number of fused-ring (bicyclic) bond motifs is 7. The Morgan fingerprint density at radius 1 is 0.923 bits per heavy atom. The van der Waals surface area contributed by atoms with E-state index < -0.39 is 28.1 Å². The Morgan fingerprint density at radius 3 is 2.18 bits per heavy atom. The summed E-state index contributed by atoms with van der Waals surface area (Å²) in [4.78, 5) is 23.8. The van der Waals surface area contributed by atoms with Gasteiger partial charge >= 0.3 is 11.9 Å². The molecule has 202 valence electrons. The molecule has 0 aromatic heterocycles. The Hall–Kier alpha value is -3.62. The number of hydrogen-bond donors (Lipinski definition) is 0. The van der Waals surface area contributed by atoms with Crippen LogP contribution in [-0.4, -0.2) is 18.0 Å². The molecule has 7 atom stereocenters. The summed E-state index contributed by atoms with van der Waals surface area (Å²) in [5.74, 6) is -0.361. The molecular formula is C31H34N4O4. The molecule has 8 heteroatoms. The fourth-order valence-corrected chi connectivity index (χ4v) is 9.42. The topological polar surface area (TPSA) is 148 Å². The van der Waals surface area contributed by atoms with E-state index in [1.165, 1.54) is 19.4 Å². The lowest BCUT2D eigenvalue weighted by atomic mass is 9.47. The molecule has 0 N–H and O–H groups in total. The first-order chi connectivity index (χ1) is 18.4. The van der Waals surface area contributed by atoms with E-state index in [0.29, 0.717) is 18.1 Å². The summed E-state index contributed by atoms with van der Waals surface area (Å²) in [5, 5.41) is 41.2. The van der Waals surface area contributed by atoms with Crippen molar-refractivity contribution >= 4 is 11.9 Å². The van der Waals surface area contributed by atoms with Crippen molar-refractivity contribution in [3.8, 4) is 24.3 Å². The Morgan fingerprint density at radius 2 is 1.59 bits per heavy atom. The SMILES string of the molecule is CC(=O)OC1=C2C(CC3C4CC=C5CC(OC(C)=O)CCC5(C)C4CCC23C)C(C#N)(C#N)C(C#N)(C#N)C1. The van der Waals surface area contributed by atoms with Crippen molar-refractivity contribution in [1.29, 1.82) is 21.0 Å². The molecule has 5 aliphatic rings. The number of nitrogens with zero attached hydrogens (tertiary/aromatic N) is 4. The van der Waals surface area contributed by atoms with E-state index in [-0.39, 0.29) is 35.7 Å². The van der Waals surface area contributed by atoms with Crippen LogP contribution in [0.2, 0.25) is 0 Å². The van der Waals surface area contributed by atoms with Gasteiger partial charge in [0, 0.05) is 32.6 Å². The Bertz CT molecular complexity index is 1340. The van der Waals surface area contributed by atoms with Crippen LogP contribution in [-0.2, 0) is 19.1 Å². The van der Waals surface area contributed by atoms with Crippen LogP contribution in [0.4, 0.5) is 0 Å². The van der Waals surface area contributed by atoms with E-state index in [1.807, 2.05) is 12.1 Å². The molecule has 0 heterocycles. The highest BCUT2D eigenvalue weighted by Crippen LogP contribution is 2.72. The molecule has 8 nitrogen and oxygen atoms in total. The molecule has 0 spiro atoms. The van der Waals surface area contributed by atoms with E-state index in [1.54, 1.807) is 0 Å². The second-order valence-electron chi connectivity index (χ2n) is 12.7. The lowest BCUT2D eigenvalue weighted by molar-refractivity contribution is -0.148. The number of carbonyl (C=O) groups excluding carboxylic acids is 2. The average Bonchev–Trinajstić information content (AvgIpc) is 3.22. The van der Waals surface area contributed by atoms with Crippen molar-refractivity contribution in [3.63, 3.8) is 0 Å². The molecule has 0 radical (unpaired) electrons. The second-order valence-corrected chi connectivity index (χ2v) is 12.7. The average molecular weight is 527 g/mol. The molecule has 0 aliphatic heterocycles. The molecule has 0 bridgehead atoms. The highest BCUT2D eigenvalue weighted by Gasteiger charge is 2.71. The first-order valence-corrected chi connectivity index (χ1v) is 13.9. The summed E-state index contributed by atoms with van der Waals surface area (Å²) >= 11 is 0. The lowest BCUT2D eigenvalue weighted by Gasteiger charge is -2.57. The maximum Gasteiger partial charge on any atom is 0.307 e. The van der Waals surface area contributed by atoms with Crippen molar-refractivity contribution in [2.75, 3.05) is 0 Å². The summed E-state index contributed by atoms with van der Waals surface area (Å²) in [6.07, 6.45) is 7.59. The van der Waals surface area contributed by atoms with Crippen LogP contribution in [0.25, 0.3) is 0 Å². The summed E-state index contributed by atoms with van der Waals surface area (Å²) < 4.78 is 11.3. The summed E-state index contributed by atoms with van der Waals surface area (Å²) in [7, 11) is 0. The van der Waals surface area contributed by atoms with Crippen LogP contribution in [0.3, 0.4) is 0 Å². The van der Waals surface area contributed by atoms with Crippen molar-refractivity contribution < 1.29 is 19.1 Å². The number of hydrogen-bond acceptors (Lipinski definition) is 8. The fraction of sp³-hybridized carbons (Fsp3) is 0.677. The number of esters is 2. The molecule has 0 saturated heterocycles. The quantitative estimate of drug-likeness (QED) is 0.343. The van der Waals surface area contributed by atoms with Crippen molar-refractivity contribution in [3.05, 3.63) is 23.0 Å². The van der Waals surface area contributed by atoms with Crippen molar-refractivity contribution in [2.45, 2.75) is 85.2 Å². The predicted molar refractivity (Wildman–Crippen MR) is 137 cm³/mol. The van der Waals surface area contributed by atoms with Gasteiger partial charge < -0.3 is 9.47 Å². The third-order valence-electron chi connectivity index (χ3n) is 11.2. The molecular weight excluding hydrogens is 492 g/mol. The molecule has 5 aliphatic carbocycles. The van der Waals surface area contributed by atoms with Crippen LogP contribution >= 0.6 is 0 Å². The van der Waals surface area contributed by atoms with Gasteiger partial charge in [0.15, 0.2) is 10.8 Å². The van der Waals surface area contributed by atoms with E-state index in [0.717, 1.165) is 44.1 Å². The lowest BCUT2D eigenvalue weighted by Crippen LogP contribution is -2.50. The number of nitriles is 4. The van der Waals surface area contributed by atoms with Gasteiger partial charge in [-0.25, -0.2) is 0 Å². The molecule has 0 amide bonds. The maximum absolute atomic E-state index is 12.2. The number of allylic oxidation sites excluding steroid dienone is 3. The minimum Gasteiger partial charge on any atom is -0.462 e. The van der Waals surface area contributed by atoms with Gasteiger partial charge in [-0.3, -0.25) is 9.59 Å². The monoisotopic (exact) mass is 526 g/mol. The van der Waals surface area contributed by atoms with Gasteiger partial charge in [0.1, 0.15) is 11.9 Å². The Kier molecular flexibility index (Phi) is 6.20. The van der Waals surface area contributed by atoms with Gasteiger partial charge in [0.2, 0.25) is 0 Å². The zero-order chi connectivity index (χ0) is 28.4. The fourth-order valence-electron chi connectivity index (χ4n) is 9.42. The molecule has 0 aromatic rings. The molecule has 0 aromatic carbocycles. The number of carbonyl (C=O) groups is 2. The summed E-state index contributed by atoms with van der Waals surface area (Å²) in [5.41, 5.74) is -2.07. The standard InChI is InChI=1S/C31H34N4O4/c1-18(36)38-21-7-9-28(3)20(11-21)5-6-22-23(28)8-10-29(4)24(22)12-25-27(29)26(39-19(2)37)13-30(14-32,15-33)31(25,16-34)17-35/h5,21-25H,6-13H2,1-4H3. The van der Waals surface area contributed by atoms with Crippen LogP contribution in [0.1, 0.15) is 79.1 Å². The first-order valence-electron chi connectivity index (χ1n) is 13.9. The van der Waals surface area contributed by atoms with E-state index in [4.69, 9.17) is 9.47 Å². The number of ether oxygens (including phenoxy) is 2. The first kappa shape index (κ1) is 27.0. The van der Waals surface area contributed by atoms with Gasteiger partial charge in [0.05, 0.1) is 24.3 Å². The molecule has 3 fully saturated rings. The minimum absolute atomic E-state index is 0.0215. The maximum atomic E-state index is 12.2. The minimum atomic E-state index is -1.93. The Labute approximate surface area is 229 Å². The van der Waals surface area contributed by atoms with Crippen molar-refractivity contribution in [1.82, 2.24) is 0 Å². The molecule has 3 saturated carbocycles. The third kappa shape index (κ3) is 3.51.